The maximum absolute atomic E-state index is 11.9. The van der Waals surface area contributed by atoms with Crippen LogP contribution in [0, 0.1) is 0 Å². The molecule has 0 radical (unpaired) electrons. The largest absolute Gasteiger partial charge is 0.295 e. The maximum atomic E-state index is 11.9. The Balaban J connectivity index is 1.87. The van der Waals surface area contributed by atoms with Gasteiger partial charge in [0, 0.05) is 16.7 Å². The van der Waals surface area contributed by atoms with E-state index >= 15 is 0 Å². The molecule has 4 aromatic carbocycles. The standard InChI is InChI=1S/C30H24O3/c1-19(31)22-7-11-24(12-8-22)28-16-29(25-13-9-23(10-14-25)20(2)32)18-30(17-28)27-6-4-5-26(15-27)21(3)33/h4-18H,1-3H3. The third-order valence-corrected chi connectivity index (χ3v) is 5.78. The number of rotatable bonds is 6. The summed E-state index contributed by atoms with van der Waals surface area (Å²) < 4.78 is 0. The second-order valence-corrected chi connectivity index (χ2v) is 8.20. The van der Waals surface area contributed by atoms with Gasteiger partial charge in [-0.15, -0.1) is 0 Å². The van der Waals surface area contributed by atoms with Gasteiger partial charge in [0.2, 0.25) is 0 Å². The first-order valence-electron chi connectivity index (χ1n) is 10.8. The number of benzene rings is 4. The lowest BCUT2D eigenvalue weighted by atomic mass is 9.92. The van der Waals surface area contributed by atoms with E-state index in [1.165, 1.54) is 0 Å². The molecule has 0 spiro atoms. The van der Waals surface area contributed by atoms with Crippen molar-refractivity contribution in [2.75, 3.05) is 0 Å². The van der Waals surface area contributed by atoms with Crippen molar-refractivity contribution in [1.82, 2.24) is 0 Å². The van der Waals surface area contributed by atoms with Gasteiger partial charge in [0.15, 0.2) is 17.3 Å². The van der Waals surface area contributed by atoms with Crippen LogP contribution in [-0.4, -0.2) is 17.3 Å². The second kappa shape index (κ2) is 9.17. The van der Waals surface area contributed by atoms with E-state index in [-0.39, 0.29) is 17.3 Å². The number of Topliss-reactive ketones (excluding diaryl/α,β-unsaturated/α-hetero) is 3. The van der Waals surface area contributed by atoms with Crippen LogP contribution in [0.15, 0.2) is 91.0 Å². The molecule has 4 rings (SSSR count). The summed E-state index contributed by atoms with van der Waals surface area (Å²) in [5, 5.41) is 0. The van der Waals surface area contributed by atoms with E-state index in [2.05, 4.69) is 18.2 Å². The predicted molar refractivity (Wildman–Crippen MR) is 133 cm³/mol. The molecule has 0 unspecified atom stereocenters. The molecule has 0 amide bonds. The summed E-state index contributed by atoms with van der Waals surface area (Å²) >= 11 is 0. The van der Waals surface area contributed by atoms with Crippen molar-refractivity contribution < 1.29 is 14.4 Å². The normalized spacial score (nSPS) is 10.6. The van der Waals surface area contributed by atoms with Gasteiger partial charge in [-0.25, -0.2) is 0 Å². The SMILES string of the molecule is CC(=O)c1ccc(-c2cc(-c3ccc(C(C)=O)cc3)cc(-c3cccc(C(C)=O)c3)c2)cc1. The molecule has 4 aromatic rings. The average Bonchev–Trinajstić information content (AvgIpc) is 2.84. The molecule has 0 aliphatic heterocycles. The van der Waals surface area contributed by atoms with Crippen LogP contribution in [0.3, 0.4) is 0 Å². The first kappa shape index (κ1) is 22.1. The van der Waals surface area contributed by atoms with E-state index in [1.807, 2.05) is 72.8 Å². The van der Waals surface area contributed by atoms with Gasteiger partial charge in [0.05, 0.1) is 0 Å². The number of hydrogen-bond donors (Lipinski definition) is 0. The monoisotopic (exact) mass is 432 g/mol. The molecule has 0 saturated carbocycles. The van der Waals surface area contributed by atoms with Crippen molar-refractivity contribution in [2.24, 2.45) is 0 Å². The van der Waals surface area contributed by atoms with Crippen LogP contribution in [0.2, 0.25) is 0 Å². The van der Waals surface area contributed by atoms with Crippen LogP contribution < -0.4 is 0 Å². The summed E-state index contributed by atoms with van der Waals surface area (Å²) in [5.41, 5.74) is 7.92. The number of ketones is 3. The Kier molecular flexibility index (Phi) is 6.14. The Bertz CT molecular complexity index is 1290. The molecular formula is C30H24O3. The molecule has 0 aromatic heterocycles. The van der Waals surface area contributed by atoms with E-state index in [9.17, 15) is 14.4 Å². The van der Waals surface area contributed by atoms with E-state index in [1.54, 1.807) is 20.8 Å². The molecule has 0 saturated heterocycles. The molecule has 0 aliphatic rings. The Hall–Kier alpha value is -4.11. The van der Waals surface area contributed by atoms with E-state index in [0.29, 0.717) is 16.7 Å². The highest BCUT2D eigenvalue weighted by atomic mass is 16.1. The zero-order valence-electron chi connectivity index (χ0n) is 18.9. The summed E-state index contributed by atoms with van der Waals surface area (Å²) in [6.45, 7) is 4.68. The second-order valence-electron chi connectivity index (χ2n) is 8.20. The molecular weight excluding hydrogens is 408 g/mol. The van der Waals surface area contributed by atoms with E-state index in [4.69, 9.17) is 0 Å². The van der Waals surface area contributed by atoms with Crippen molar-refractivity contribution in [3.63, 3.8) is 0 Å². The zero-order valence-corrected chi connectivity index (χ0v) is 18.9. The Morgan fingerprint density at radius 1 is 0.394 bits per heavy atom. The van der Waals surface area contributed by atoms with Crippen LogP contribution in [-0.2, 0) is 0 Å². The molecule has 162 valence electrons. The number of carbonyl (C=O) groups excluding carboxylic acids is 3. The lowest BCUT2D eigenvalue weighted by molar-refractivity contribution is 0.100. The van der Waals surface area contributed by atoms with E-state index < -0.39 is 0 Å². The minimum Gasteiger partial charge on any atom is -0.295 e. The highest BCUT2D eigenvalue weighted by Gasteiger charge is 2.10. The van der Waals surface area contributed by atoms with Crippen molar-refractivity contribution in [3.05, 3.63) is 108 Å². The Morgan fingerprint density at radius 3 is 1.18 bits per heavy atom. The highest BCUT2D eigenvalue weighted by Crippen LogP contribution is 2.33. The van der Waals surface area contributed by atoms with Crippen LogP contribution >= 0.6 is 0 Å². The Labute approximate surface area is 193 Å². The third kappa shape index (κ3) is 4.88. The van der Waals surface area contributed by atoms with E-state index in [0.717, 1.165) is 33.4 Å². The van der Waals surface area contributed by atoms with Crippen molar-refractivity contribution >= 4 is 17.3 Å². The van der Waals surface area contributed by atoms with Gasteiger partial charge in [-0.2, -0.15) is 0 Å². The number of carbonyl (C=O) groups is 3. The summed E-state index contributed by atoms with van der Waals surface area (Å²) in [5.74, 6) is 0.0815. The number of hydrogen-bond acceptors (Lipinski definition) is 3. The first-order valence-corrected chi connectivity index (χ1v) is 10.8. The van der Waals surface area contributed by atoms with Crippen molar-refractivity contribution in [1.29, 1.82) is 0 Å². The van der Waals surface area contributed by atoms with Crippen LogP contribution in [0.1, 0.15) is 51.8 Å². The molecule has 0 fully saturated rings. The molecule has 33 heavy (non-hydrogen) atoms. The van der Waals surface area contributed by atoms with Gasteiger partial charge in [0.1, 0.15) is 0 Å². The van der Waals surface area contributed by atoms with Crippen molar-refractivity contribution in [2.45, 2.75) is 20.8 Å². The lowest BCUT2D eigenvalue weighted by Crippen LogP contribution is -1.94. The third-order valence-electron chi connectivity index (χ3n) is 5.78. The van der Waals surface area contributed by atoms with Gasteiger partial charge in [-0.05, 0) is 78.4 Å². The zero-order chi connectivity index (χ0) is 23.5. The fourth-order valence-corrected chi connectivity index (χ4v) is 3.84. The minimum atomic E-state index is 0.0212. The predicted octanol–water partition coefficient (Wildman–Crippen LogP) is 7.30. The molecule has 0 atom stereocenters. The molecule has 0 bridgehead atoms. The van der Waals surface area contributed by atoms with Crippen molar-refractivity contribution in [3.8, 4) is 33.4 Å². The summed E-state index contributed by atoms with van der Waals surface area (Å²) in [6, 6.07) is 29.0. The average molecular weight is 433 g/mol. The first-order chi connectivity index (χ1) is 15.8. The van der Waals surface area contributed by atoms with Gasteiger partial charge < -0.3 is 0 Å². The fourth-order valence-electron chi connectivity index (χ4n) is 3.84. The lowest BCUT2D eigenvalue weighted by Gasteiger charge is -2.12. The Morgan fingerprint density at radius 2 is 0.788 bits per heavy atom. The maximum Gasteiger partial charge on any atom is 0.159 e. The van der Waals surface area contributed by atoms with Gasteiger partial charge in [-0.3, -0.25) is 14.4 Å². The van der Waals surface area contributed by atoms with Crippen LogP contribution in [0.4, 0.5) is 0 Å². The topological polar surface area (TPSA) is 51.2 Å². The molecule has 0 aliphatic carbocycles. The molecule has 3 nitrogen and oxygen atoms in total. The molecule has 3 heteroatoms. The quantitative estimate of drug-likeness (QED) is 0.301. The highest BCUT2D eigenvalue weighted by molar-refractivity contribution is 5.96. The summed E-state index contributed by atoms with van der Waals surface area (Å²) in [4.78, 5) is 35.3. The minimum absolute atomic E-state index is 0.0212. The van der Waals surface area contributed by atoms with Gasteiger partial charge in [0.25, 0.3) is 0 Å². The summed E-state index contributed by atoms with van der Waals surface area (Å²) in [6.07, 6.45) is 0. The van der Waals surface area contributed by atoms with Gasteiger partial charge in [-0.1, -0.05) is 66.7 Å². The molecule has 0 heterocycles. The smallest absolute Gasteiger partial charge is 0.159 e. The summed E-state index contributed by atoms with van der Waals surface area (Å²) in [7, 11) is 0. The molecule has 0 N–H and O–H groups in total. The van der Waals surface area contributed by atoms with Gasteiger partial charge >= 0.3 is 0 Å². The van der Waals surface area contributed by atoms with Crippen LogP contribution in [0.5, 0.6) is 0 Å². The van der Waals surface area contributed by atoms with Crippen LogP contribution in [0.25, 0.3) is 33.4 Å². The fraction of sp³-hybridized carbons (Fsp3) is 0.100.